The van der Waals surface area contributed by atoms with Crippen molar-refractivity contribution in [2.45, 2.75) is 25.2 Å². The van der Waals surface area contributed by atoms with E-state index in [9.17, 15) is 4.39 Å². The Labute approximate surface area is 54.4 Å². The van der Waals surface area contributed by atoms with Gasteiger partial charge in [-0.15, -0.1) is 0 Å². The van der Waals surface area contributed by atoms with Crippen LogP contribution >= 0.6 is 0 Å². The van der Waals surface area contributed by atoms with Gasteiger partial charge < -0.3 is 10.1 Å². The molecule has 2 atom stereocenters. The maximum absolute atomic E-state index is 13.1. The van der Waals surface area contributed by atoms with Crippen LogP contribution in [-0.4, -0.2) is 19.0 Å². The van der Waals surface area contributed by atoms with Crippen LogP contribution < -0.4 is 5.32 Å². The van der Waals surface area contributed by atoms with Gasteiger partial charge in [-0.05, 0) is 6.92 Å². The third-order valence-electron chi connectivity index (χ3n) is 1.73. The molecule has 2 nitrogen and oxygen atoms in total. The number of hydrogen-bond donors (Lipinski definition) is 1. The summed E-state index contributed by atoms with van der Waals surface area (Å²) in [6.07, 6.45) is 0.338. The average Bonchev–Trinajstić information content (AvgIpc) is 2.15. The first-order chi connectivity index (χ1) is 4.19. The van der Waals surface area contributed by atoms with Crippen molar-refractivity contribution in [1.29, 1.82) is 0 Å². The normalized spacial score (nSPS) is 43.7. The fourth-order valence-corrected chi connectivity index (χ4v) is 0.936. The Morgan fingerprint density at radius 3 is 2.78 bits per heavy atom. The summed E-state index contributed by atoms with van der Waals surface area (Å²) >= 11 is 0. The van der Waals surface area contributed by atoms with Crippen molar-refractivity contribution in [3.8, 4) is 0 Å². The fraction of sp³-hybridized carbons (Fsp3) is 0.833. The van der Waals surface area contributed by atoms with Crippen LogP contribution in [0.4, 0.5) is 4.39 Å². The summed E-state index contributed by atoms with van der Waals surface area (Å²) in [5, 5.41) is 2.84. The van der Waals surface area contributed by atoms with Gasteiger partial charge in [-0.3, -0.25) is 0 Å². The highest BCUT2D eigenvalue weighted by Gasteiger charge is 2.40. The molecule has 0 aliphatic carbocycles. The second-order valence-corrected chi connectivity index (χ2v) is 2.29. The van der Waals surface area contributed by atoms with Crippen molar-refractivity contribution < 1.29 is 9.13 Å². The Hall–Kier alpha value is -0.150. The highest BCUT2D eigenvalue weighted by atomic mass is 19.2. The van der Waals surface area contributed by atoms with E-state index in [1.807, 2.05) is 0 Å². The molecule has 1 saturated heterocycles. The minimum atomic E-state index is -1.47. The van der Waals surface area contributed by atoms with Gasteiger partial charge in [-0.2, -0.15) is 0 Å². The third kappa shape index (κ3) is 1.07. The van der Waals surface area contributed by atoms with E-state index in [-0.39, 0.29) is 6.04 Å². The lowest BCUT2D eigenvalue weighted by Crippen LogP contribution is -2.37. The van der Waals surface area contributed by atoms with E-state index < -0.39 is 5.85 Å². The molecule has 0 bridgehead atoms. The molecule has 1 radical (unpaired) electrons. The van der Waals surface area contributed by atoms with Crippen LogP contribution in [0.5, 0.6) is 0 Å². The SMILES string of the molecule is COC1(F)C[CH]NC1C. The summed E-state index contributed by atoms with van der Waals surface area (Å²) in [6, 6.07) is -0.220. The van der Waals surface area contributed by atoms with Gasteiger partial charge in [0.25, 0.3) is 0 Å². The zero-order valence-electron chi connectivity index (χ0n) is 5.65. The van der Waals surface area contributed by atoms with Crippen LogP contribution in [0, 0.1) is 6.54 Å². The van der Waals surface area contributed by atoms with E-state index in [4.69, 9.17) is 0 Å². The summed E-state index contributed by atoms with van der Waals surface area (Å²) in [4.78, 5) is 0. The summed E-state index contributed by atoms with van der Waals surface area (Å²) in [5.74, 6) is -1.47. The van der Waals surface area contributed by atoms with Crippen LogP contribution in [0.25, 0.3) is 0 Å². The van der Waals surface area contributed by atoms with Gasteiger partial charge in [0, 0.05) is 20.1 Å². The van der Waals surface area contributed by atoms with E-state index in [1.54, 1.807) is 13.5 Å². The number of halogens is 1. The number of nitrogens with one attached hydrogen (secondary N) is 1. The second-order valence-electron chi connectivity index (χ2n) is 2.29. The average molecular weight is 132 g/mol. The maximum Gasteiger partial charge on any atom is 0.225 e. The van der Waals surface area contributed by atoms with Crippen LogP contribution in [0.2, 0.25) is 0 Å². The van der Waals surface area contributed by atoms with Gasteiger partial charge in [-0.25, -0.2) is 4.39 Å². The largest absolute Gasteiger partial charge is 0.348 e. The lowest BCUT2D eigenvalue weighted by molar-refractivity contribution is -0.123. The molecule has 1 aliphatic rings. The molecule has 1 rings (SSSR count). The molecule has 0 saturated carbocycles. The second kappa shape index (κ2) is 2.23. The van der Waals surface area contributed by atoms with Crippen LogP contribution in [0.1, 0.15) is 13.3 Å². The topological polar surface area (TPSA) is 21.3 Å². The van der Waals surface area contributed by atoms with Gasteiger partial charge in [0.15, 0.2) is 0 Å². The molecule has 1 fully saturated rings. The molecule has 0 amide bonds. The smallest absolute Gasteiger partial charge is 0.225 e. The first-order valence-electron chi connectivity index (χ1n) is 3.01. The molecule has 3 heteroatoms. The molecular formula is C6H11FNO. The first-order valence-corrected chi connectivity index (χ1v) is 3.01. The Balaban J connectivity index is 2.56. The molecule has 1 heterocycles. The van der Waals surface area contributed by atoms with Crippen molar-refractivity contribution in [2.24, 2.45) is 0 Å². The van der Waals surface area contributed by atoms with Crippen molar-refractivity contribution in [3.05, 3.63) is 6.54 Å². The monoisotopic (exact) mass is 132 g/mol. The van der Waals surface area contributed by atoms with E-state index in [2.05, 4.69) is 10.1 Å². The fourth-order valence-electron chi connectivity index (χ4n) is 0.936. The van der Waals surface area contributed by atoms with Gasteiger partial charge in [0.1, 0.15) is 0 Å². The zero-order valence-corrected chi connectivity index (χ0v) is 5.65. The lowest BCUT2D eigenvalue weighted by Gasteiger charge is -2.21. The standard InChI is InChI=1S/C6H11FNO/c1-5-6(7,9-2)3-4-8-5/h4-5,8H,3H2,1-2H3. The first kappa shape index (κ1) is 6.96. The molecule has 53 valence electrons. The third-order valence-corrected chi connectivity index (χ3v) is 1.73. The maximum atomic E-state index is 13.1. The Morgan fingerprint density at radius 1 is 1.89 bits per heavy atom. The van der Waals surface area contributed by atoms with Crippen molar-refractivity contribution in [3.63, 3.8) is 0 Å². The summed E-state index contributed by atoms with van der Waals surface area (Å²) in [7, 11) is 1.39. The predicted molar refractivity (Wildman–Crippen MR) is 32.4 cm³/mol. The predicted octanol–water partition coefficient (Wildman–Crippen LogP) is 0.842. The van der Waals surface area contributed by atoms with Crippen molar-refractivity contribution in [1.82, 2.24) is 5.32 Å². The minimum absolute atomic E-state index is 0.220. The number of ether oxygens (including phenoxy) is 1. The lowest BCUT2D eigenvalue weighted by atomic mass is 10.1. The Morgan fingerprint density at radius 2 is 2.56 bits per heavy atom. The van der Waals surface area contributed by atoms with Crippen LogP contribution in [0.3, 0.4) is 0 Å². The number of rotatable bonds is 1. The molecule has 0 aromatic rings. The van der Waals surface area contributed by atoms with E-state index >= 15 is 0 Å². The quantitative estimate of drug-likeness (QED) is 0.571. The van der Waals surface area contributed by atoms with Crippen molar-refractivity contribution in [2.75, 3.05) is 7.11 Å². The molecule has 0 aromatic carbocycles. The van der Waals surface area contributed by atoms with E-state index in [1.165, 1.54) is 7.11 Å². The molecule has 1 aliphatic heterocycles. The summed E-state index contributed by atoms with van der Waals surface area (Å²) < 4.78 is 17.8. The van der Waals surface area contributed by atoms with Crippen LogP contribution in [0.15, 0.2) is 0 Å². The van der Waals surface area contributed by atoms with Crippen molar-refractivity contribution >= 4 is 0 Å². The number of methoxy groups -OCH3 is 1. The highest BCUT2D eigenvalue weighted by Crippen LogP contribution is 2.27. The zero-order chi connectivity index (χ0) is 6.91. The summed E-state index contributed by atoms with van der Waals surface area (Å²) in [6.45, 7) is 3.45. The van der Waals surface area contributed by atoms with Gasteiger partial charge in [-0.1, -0.05) is 0 Å². The van der Waals surface area contributed by atoms with Gasteiger partial charge >= 0.3 is 0 Å². The van der Waals surface area contributed by atoms with E-state index in [0.717, 1.165) is 0 Å². The Bertz CT molecular complexity index is 109. The number of hydrogen-bond acceptors (Lipinski definition) is 2. The van der Waals surface area contributed by atoms with Gasteiger partial charge in [0.2, 0.25) is 5.85 Å². The molecule has 9 heavy (non-hydrogen) atoms. The molecule has 0 spiro atoms. The minimum Gasteiger partial charge on any atom is -0.348 e. The van der Waals surface area contributed by atoms with Gasteiger partial charge in [0.05, 0.1) is 6.04 Å². The Kier molecular flexibility index (Phi) is 1.73. The highest BCUT2D eigenvalue weighted by molar-refractivity contribution is 4.94. The summed E-state index contributed by atoms with van der Waals surface area (Å²) in [5.41, 5.74) is 0. The van der Waals surface area contributed by atoms with E-state index in [0.29, 0.717) is 6.42 Å². The molecule has 2 unspecified atom stereocenters. The number of alkyl halides is 1. The van der Waals surface area contributed by atoms with Crippen LogP contribution in [-0.2, 0) is 4.74 Å². The molecule has 0 aromatic heterocycles. The molecule has 1 N–H and O–H groups in total. The molecular weight excluding hydrogens is 121 g/mol.